The number of unbranched alkanes of at least 4 members (excludes halogenated alkanes) is 8. The highest BCUT2D eigenvalue weighted by Gasteiger charge is 2.22. The average molecular weight is 345 g/mol. The third-order valence-corrected chi connectivity index (χ3v) is 4.74. The first-order chi connectivity index (χ1) is 12.4. The number of rotatable bonds is 15. The average Bonchev–Trinajstić information content (AvgIpc) is 3.46. The van der Waals surface area contributed by atoms with Crippen LogP contribution in [0.1, 0.15) is 76.7 Å². The van der Waals surface area contributed by atoms with Crippen LogP contribution < -0.4 is 4.74 Å². The highest BCUT2D eigenvalue weighted by molar-refractivity contribution is 5.27. The second-order valence-corrected chi connectivity index (χ2v) is 7.18. The van der Waals surface area contributed by atoms with Gasteiger partial charge in [0.1, 0.15) is 18.5 Å². The minimum Gasteiger partial charge on any atom is -0.491 e. The maximum Gasteiger partial charge on any atom is 0.119 e. The van der Waals surface area contributed by atoms with Crippen LogP contribution >= 0.6 is 0 Å². The molecule has 2 rings (SSSR count). The van der Waals surface area contributed by atoms with Gasteiger partial charge in [0.05, 0.1) is 6.61 Å². The highest BCUT2D eigenvalue weighted by Crippen LogP contribution is 2.17. The van der Waals surface area contributed by atoms with E-state index < -0.39 is 0 Å². The van der Waals surface area contributed by atoms with Crippen LogP contribution in [0.25, 0.3) is 0 Å². The van der Waals surface area contributed by atoms with Crippen LogP contribution in [-0.2, 0) is 11.2 Å². The van der Waals surface area contributed by atoms with Gasteiger partial charge in [-0.05, 0) is 49.8 Å². The molecular formula is C23H36O2. The molecule has 1 atom stereocenters. The van der Waals surface area contributed by atoms with Crippen molar-refractivity contribution in [1.29, 1.82) is 0 Å². The molecule has 1 aliphatic rings. The van der Waals surface area contributed by atoms with Crippen molar-refractivity contribution in [3.8, 4) is 5.75 Å². The zero-order valence-corrected chi connectivity index (χ0v) is 16.1. The van der Waals surface area contributed by atoms with E-state index in [9.17, 15) is 0 Å². The number of epoxide rings is 1. The molecule has 1 aliphatic heterocycles. The molecule has 2 heteroatoms. The summed E-state index contributed by atoms with van der Waals surface area (Å²) in [5.41, 5.74) is 1.40. The Kier molecular flexibility index (Phi) is 10.4. The van der Waals surface area contributed by atoms with Gasteiger partial charge < -0.3 is 9.47 Å². The summed E-state index contributed by atoms with van der Waals surface area (Å²) in [6.07, 6.45) is 19.7. The molecule has 0 amide bonds. The van der Waals surface area contributed by atoms with Crippen molar-refractivity contribution in [1.82, 2.24) is 0 Å². The van der Waals surface area contributed by atoms with Gasteiger partial charge in [-0.3, -0.25) is 0 Å². The number of aryl methyl sites for hydroxylation is 1. The number of allylic oxidation sites excluding steroid dienone is 2. The van der Waals surface area contributed by atoms with Gasteiger partial charge in [0, 0.05) is 0 Å². The predicted octanol–water partition coefficient (Wildman–Crippen LogP) is 6.48. The minimum atomic E-state index is 0.326. The van der Waals surface area contributed by atoms with Gasteiger partial charge in [-0.15, -0.1) is 0 Å². The molecule has 1 saturated heterocycles. The molecule has 1 heterocycles. The van der Waals surface area contributed by atoms with Crippen molar-refractivity contribution in [2.75, 3.05) is 13.2 Å². The van der Waals surface area contributed by atoms with Gasteiger partial charge in [0.2, 0.25) is 0 Å². The highest BCUT2D eigenvalue weighted by atomic mass is 16.6. The Labute approximate surface area is 154 Å². The van der Waals surface area contributed by atoms with Crippen LogP contribution in [-0.4, -0.2) is 19.3 Å². The van der Waals surface area contributed by atoms with E-state index >= 15 is 0 Å². The molecule has 0 radical (unpaired) electrons. The lowest BCUT2D eigenvalue weighted by molar-refractivity contribution is 0.263. The molecule has 1 aromatic rings. The van der Waals surface area contributed by atoms with Gasteiger partial charge in [0.25, 0.3) is 0 Å². The van der Waals surface area contributed by atoms with Crippen molar-refractivity contribution >= 4 is 0 Å². The zero-order valence-electron chi connectivity index (χ0n) is 16.1. The summed E-state index contributed by atoms with van der Waals surface area (Å²) in [5, 5.41) is 0. The predicted molar refractivity (Wildman–Crippen MR) is 106 cm³/mol. The summed E-state index contributed by atoms with van der Waals surface area (Å²) in [6.45, 7) is 3.81. The Morgan fingerprint density at radius 3 is 2.24 bits per heavy atom. The molecule has 0 aliphatic carbocycles. The molecule has 0 aromatic heterocycles. The zero-order chi connectivity index (χ0) is 17.6. The van der Waals surface area contributed by atoms with Gasteiger partial charge in [-0.25, -0.2) is 0 Å². The Morgan fingerprint density at radius 1 is 0.920 bits per heavy atom. The molecule has 2 nitrogen and oxygen atoms in total. The molecule has 0 bridgehead atoms. The third-order valence-electron chi connectivity index (χ3n) is 4.74. The van der Waals surface area contributed by atoms with Crippen LogP contribution in [0.2, 0.25) is 0 Å². The van der Waals surface area contributed by atoms with Gasteiger partial charge in [-0.1, -0.05) is 69.7 Å². The van der Waals surface area contributed by atoms with Crippen LogP contribution in [0.15, 0.2) is 36.4 Å². The fraction of sp³-hybridized carbons (Fsp3) is 0.652. The topological polar surface area (TPSA) is 21.8 Å². The Hall–Kier alpha value is -1.28. The lowest BCUT2D eigenvalue weighted by atomic mass is 10.1. The van der Waals surface area contributed by atoms with E-state index in [2.05, 4.69) is 43.3 Å². The summed E-state index contributed by atoms with van der Waals surface area (Å²) in [7, 11) is 0. The van der Waals surface area contributed by atoms with Crippen molar-refractivity contribution in [2.24, 2.45) is 0 Å². The summed E-state index contributed by atoms with van der Waals surface area (Å²) in [5.74, 6) is 0.953. The normalized spacial score (nSPS) is 16.4. The van der Waals surface area contributed by atoms with Crippen LogP contribution in [0.4, 0.5) is 0 Å². The fourth-order valence-electron chi connectivity index (χ4n) is 2.98. The van der Waals surface area contributed by atoms with Gasteiger partial charge in [0.15, 0.2) is 0 Å². The summed E-state index contributed by atoms with van der Waals surface area (Å²) >= 11 is 0. The Bertz CT molecular complexity index is 459. The molecule has 1 unspecified atom stereocenters. The molecule has 1 aromatic carbocycles. The Balaban J connectivity index is 1.42. The van der Waals surface area contributed by atoms with E-state index in [1.54, 1.807) is 0 Å². The number of ether oxygens (including phenoxy) is 2. The maximum atomic E-state index is 5.67. The summed E-state index contributed by atoms with van der Waals surface area (Å²) in [6, 6.07) is 8.53. The fourth-order valence-corrected chi connectivity index (χ4v) is 2.98. The summed E-state index contributed by atoms with van der Waals surface area (Å²) < 4.78 is 10.8. The molecule has 140 valence electrons. The number of benzene rings is 1. The molecule has 0 spiro atoms. The quantitative estimate of drug-likeness (QED) is 0.206. The molecular weight excluding hydrogens is 308 g/mol. The van der Waals surface area contributed by atoms with E-state index in [0.717, 1.165) is 18.8 Å². The molecule has 0 saturated carbocycles. The largest absolute Gasteiger partial charge is 0.491 e. The second-order valence-electron chi connectivity index (χ2n) is 7.18. The van der Waals surface area contributed by atoms with E-state index in [0.29, 0.717) is 12.7 Å². The lowest BCUT2D eigenvalue weighted by Gasteiger charge is -2.05. The smallest absolute Gasteiger partial charge is 0.119 e. The van der Waals surface area contributed by atoms with Gasteiger partial charge >= 0.3 is 0 Å². The van der Waals surface area contributed by atoms with Crippen LogP contribution in [0.5, 0.6) is 5.75 Å². The monoisotopic (exact) mass is 344 g/mol. The van der Waals surface area contributed by atoms with E-state index in [1.165, 1.54) is 69.8 Å². The maximum absolute atomic E-state index is 5.67. The Morgan fingerprint density at radius 2 is 1.56 bits per heavy atom. The second kappa shape index (κ2) is 13.0. The molecule has 0 N–H and O–H groups in total. The van der Waals surface area contributed by atoms with E-state index in [-0.39, 0.29) is 0 Å². The first-order valence-corrected chi connectivity index (χ1v) is 10.4. The van der Waals surface area contributed by atoms with Crippen molar-refractivity contribution in [3.63, 3.8) is 0 Å². The van der Waals surface area contributed by atoms with E-state index in [1.807, 2.05) is 0 Å². The summed E-state index contributed by atoms with van der Waals surface area (Å²) in [4.78, 5) is 0. The van der Waals surface area contributed by atoms with Crippen LogP contribution in [0, 0.1) is 0 Å². The minimum absolute atomic E-state index is 0.326. The number of hydrogen-bond donors (Lipinski definition) is 0. The SMILES string of the molecule is CCCCCCCCC/C=C/CCCc1ccc(OCC2CO2)cc1. The van der Waals surface area contributed by atoms with Crippen molar-refractivity contribution in [2.45, 2.75) is 83.7 Å². The first-order valence-electron chi connectivity index (χ1n) is 10.4. The van der Waals surface area contributed by atoms with E-state index in [4.69, 9.17) is 9.47 Å². The molecule has 25 heavy (non-hydrogen) atoms. The number of hydrogen-bond acceptors (Lipinski definition) is 2. The van der Waals surface area contributed by atoms with Crippen LogP contribution in [0.3, 0.4) is 0 Å². The lowest BCUT2D eigenvalue weighted by Crippen LogP contribution is -2.03. The molecule has 1 fully saturated rings. The van der Waals surface area contributed by atoms with Crippen molar-refractivity contribution in [3.05, 3.63) is 42.0 Å². The first kappa shape index (κ1) is 20.0. The standard InChI is InChI=1S/C23H36O2/c1-2-3-4-5-6-7-8-9-10-11-12-13-14-21-15-17-22(18-16-21)24-19-23-20-25-23/h10-11,15-18,23H,2-9,12-14,19-20H2,1H3/b11-10+. The third kappa shape index (κ3) is 10.3. The van der Waals surface area contributed by atoms with Crippen molar-refractivity contribution < 1.29 is 9.47 Å². The van der Waals surface area contributed by atoms with Gasteiger partial charge in [-0.2, -0.15) is 0 Å².